The first-order chi connectivity index (χ1) is 8.65. The first-order valence-electron chi connectivity index (χ1n) is 5.82. The normalized spacial score (nSPS) is 10.6. The maximum atomic E-state index is 11.8. The Kier molecular flexibility index (Phi) is 7.00. The monoisotopic (exact) mass is 318 g/mol. The molecule has 0 aliphatic carbocycles. The molecule has 0 radical (unpaired) electrons. The predicted octanol–water partition coefficient (Wildman–Crippen LogP) is 1.57. The zero-order valence-electron chi connectivity index (χ0n) is 10.7. The van der Waals surface area contributed by atoms with E-state index in [1.165, 1.54) is 0 Å². The fourth-order valence-electron chi connectivity index (χ4n) is 1.46. The summed E-state index contributed by atoms with van der Waals surface area (Å²) in [6.45, 7) is 2.42. The average molecular weight is 319 g/mol. The number of nitrogens with one attached hydrogen (secondary N) is 1. The quantitative estimate of drug-likeness (QED) is 0.740. The molecule has 1 N–H and O–H groups in total. The molecule has 0 aliphatic heterocycles. The Morgan fingerprint density at radius 3 is 2.83 bits per heavy atom. The molecule has 1 heterocycles. The molecule has 0 spiro atoms. The molecule has 0 aliphatic rings. The largest absolute Gasteiger partial charge is 0.382 e. The van der Waals surface area contributed by atoms with Gasteiger partial charge in [-0.1, -0.05) is 0 Å². The number of aryl methyl sites for hydroxylation is 1. The van der Waals surface area contributed by atoms with Crippen molar-refractivity contribution in [3.05, 3.63) is 22.4 Å². The Labute approximate surface area is 116 Å². The summed E-state index contributed by atoms with van der Waals surface area (Å²) in [6.07, 6.45) is 2.64. The van der Waals surface area contributed by atoms with E-state index in [0.717, 1.165) is 10.9 Å². The van der Waals surface area contributed by atoms with Crippen LogP contribution >= 0.6 is 15.9 Å². The number of ether oxygens (including phenoxy) is 2. The fourth-order valence-corrected chi connectivity index (χ4v) is 1.98. The molecule has 0 atom stereocenters. The number of nitrogens with zero attached hydrogens (tertiary/aromatic N) is 1. The number of carbonyl (C=O) groups excluding carboxylic acids is 1. The molecule has 0 aromatic carbocycles. The summed E-state index contributed by atoms with van der Waals surface area (Å²) < 4.78 is 12.8. The van der Waals surface area contributed by atoms with Crippen molar-refractivity contribution in [3.63, 3.8) is 0 Å². The van der Waals surface area contributed by atoms with Gasteiger partial charge in [0.2, 0.25) is 0 Å². The van der Waals surface area contributed by atoms with Crippen molar-refractivity contribution in [2.24, 2.45) is 7.05 Å². The van der Waals surface area contributed by atoms with E-state index >= 15 is 0 Å². The van der Waals surface area contributed by atoms with Crippen molar-refractivity contribution in [3.8, 4) is 0 Å². The molecule has 1 rings (SSSR count). The van der Waals surface area contributed by atoms with Crippen molar-refractivity contribution in [2.75, 3.05) is 33.5 Å². The van der Waals surface area contributed by atoms with E-state index in [0.29, 0.717) is 32.1 Å². The van der Waals surface area contributed by atoms with Gasteiger partial charge in [0, 0.05) is 38.0 Å². The summed E-state index contributed by atoms with van der Waals surface area (Å²) in [4.78, 5) is 11.8. The second kappa shape index (κ2) is 8.29. The Morgan fingerprint density at radius 2 is 2.22 bits per heavy atom. The summed E-state index contributed by atoms with van der Waals surface area (Å²) in [5.41, 5.74) is 0.641. The Morgan fingerprint density at radius 1 is 1.44 bits per heavy atom. The number of carbonyl (C=O) groups is 1. The van der Waals surface area contributed by atoms with Crippen LogP contribution in [0.5, 0.6) is 0 Å². The van der Waals surface area contributed by atoms with E-state index < -0.39 is 0 Å². The first-order valence-corrected chi connectivity index (χ1v) is 6.61. The number of hydrogen-bond donors (Lipinski definition) is 1. The van der Waals surface area contributed by atoms with Crippen LogP contribution in [0.2, 0.25) is 0 Å². The summed E-state index contributed by atoms with van der Waals surface area (Å²) in [7, 11) is 3.48. The molecule has 0 unspecified atom stereocenters. The van der Waals surface area contributed by atoms with Gasteiger partial charge in [-0.25, -0.2) is 0 Å². The lowest BCUT2D eigenvalue weighted by Gasteiger charge is -2.06. The van der Waals surface area contributed by atoms with Gasteiger partial charge in [-0.05, 0) is 28.4 Å². The SMILES string of the molecule is COCCOCCCNC(=O)c1cc(Br)cn1C. The lowest BCUT2D eigenvalue weighted by molar-refractivity contribution is 0.0688. The highest BCUT2D eigenvalue weighted by Gasteiger charge is 2.09. The number of hydrogen-bond acceptors (Lipinski definition) is 3. The second-order valence-electron chi connectivity index (χ2n) is 3.87. The third-order valence-electron chi connectivity index (χ3n) is 2.39. The summed E-state index contributed by atoms with van der Waals surface area (Å²) >= 11 is 3.34. The van der Waals surface area contributed by atoms with Crippen LogP contribution in [-0.4, -0.2) is 43.9 Å². The molecule has 102 valence electrons. The molecular formula is C12H19BrN2O3. The molecule has 1 amide bonds. The minimum atomic E-state index is -0.0694. The first kappa shape index (κ1) is 15.2. The van der Waals surface area contributed by atoms with E-state index in [4.69, 9.17) is 9.47 Å². The van der Waals surface area contributed by atoms with Crippen molar-refractivity contribution in [1.82, 2.24) is 9.88 Å². The average Bonchev–Trinajstić information content (AvgIpc) is 2.67. The van der Waals surface area contributed by atoms with Crippen molar-refractivity contribution < 1.29 is 14.3 Å². The Balaban J connectivity index is 2.16. The van der Waals surface area contributed by atoms with E-state index in [-0.39, 0.29) is 5.91 Å². The summed E-state index contributed by atoms with van der Waals surface area (Å²) in [6, 6.07) is 1.80. The molecule has 0 fully saturated rings. The van der Waals surface area contributed by atoms with Crippen molar-refractivity contribution in [2.45, 2.75) is 6.42 Å². The molecule has 1 aromatic heterocycles. The predicted molar refractivity (Wildman–Crippen MR) is 72.8 cm³/mol. The highest BCUT2D eigenvalue weighted by atomic mass is 79.9. The van der Waals surface area contributed by atoms with Gasteiger partial charge in [0.25, 0.3) is 5.91 Å². The van der Waals surface area contributed by atoms with Gasteiger partial charge in [0.15, 0.2) is 0 Å². The Bertz CT molecular complexity index is 379. The van der Waals surface area contributed by atoms with Crippen LogP contribution in [0.3, 0.4) is 0 Å². The zero-order chi connectivity index (χ0) is 13.4. The van der Waals surface area contributed by atoms with Crippen LogP contribution in [0.15, 0.2) is 16.7 Å². The molecule has 6 heteroatoms. The molecule has 18 heavy (non-hydrogen) atoms. The van der Waals surface area contributed by atoms with Crippen molar-refractivity contribution >= 4 is 21.8 Å². The van der Waals surface area contributed by atoms with Crippen LogP contribution in [-0.2, 0) is 16.5 Å². The van der Waals surface area contributed by atoms with Gasteiger partial charge in [0.05, 0.1) is 13.2 Å². The highest BCUT2D eigenvalue weighted by Crippen LogP contribution is 2.13. The van der Waals surface area contributed by atoms with Crippen LogP contribution in [0.1, 0.15) is 16.9 Å². The lowest BCUT2D eigenvalue weighted by atomic mass is 10.3. The number of rotatable bonds is 8. The molecule has 0 bridgehead atoms. The molecular weight excluding hydrogens is 300 g/mol. The van der Waals surface area contributed by atoms with Gasteiger partial charge in [-0.15, -0.1) is 0 Å². The molecule has 5 nitrogen and oxygen atoms in total. The molecule has 1 aromatic rings. The summed E-state index contributed by atoms with van der Waals surface area (Å²) in [5.74, 6) is -0.0694. The topological polar surface area (TPSA) is 52.5 Å². The van der Waals surface area contributed by atoms with Gasteiger partial charge in [-0.3, -0.25) is 4.79 Å². The van der Waals surface area contributed by atoms with Gasteiger partial charge in [0.1, 0.15) is 5.69 Å². The number of aromatic nitrogens is 1. The maximum Gasteiger partial charge on any atom is 0.267 e. The number of amides is 1. The van der Waals surface area contributed by atoms with Gasteiger partial charge < -0.3 is 19.4 Å². The van der Waals surface area contributed by atoms with Crippen LogP contribution in [0, 0.1) is 0 Å². The minimum absolute atomic E-state index is 0.0694. The van der Waals surface area contributed by atoms with Crippen LogP contribution in [0.25, 0.3) is 0 Å². The number of methoxy groups -OCH3 is 1. The Hall–Kier alpha value is -0.850. The third-order valence-corrected chi connectivity index (χ3v) is 2.82. The van der Waals surface area contributed by atoms with E-state index in [2.05, 4.69) is 21.2 Å². The van der Waals surface area contributed by atoms with Crippen LogP contribution in [0.4, 0.5) is 0 Å². The van der Waals surface area contributed by atoms with Crippen LogP contribution < -0.4 is 5.32 Å². The maximum absolute atomic E-state index is 11.8. The summed E-state index contributed by atoms with van der Waals surface area (Å²) in [5, 5.41) is 2.85. The standard InChI is InChI=1S/C12H19BrN2O3/c1-15-9-10(13)8-11(15)12(16)14-4-3-5-18-7-6-17-2/h8-9H,3-7H2,1-2H3,(H,14,16). The lowest BCUT2D eigenvalue weighted by Crippen LogP contribution is -2.27. The smallest absolute Gasteiger partial charge is 0.267 e. The molecule has 0 saturated heterocycles. The third kappa shape index (κ3) is 5.20. The van der Waals surface area contributed by atoms with Crippen molar-refractivity contribution in [1.29, 1.82) is 0 Å². The zero-order valence-corrected chi connectivity index (χ0v) is 12.3. The van der Waals surface area contributed by atoms with E-state index in [1.54, 1.807) is 17.7 Å². The fraction of sp³-hybridized carbons (Fsp3) is 0.583. The molecule has 0 saturated carbocycles. The van der Waals surface area contributed by atoms with E-state index in [1.807, 2.05) is 13.2 Å². The van der Waals surface area contributed by atoms with E-state index in [9.17, 15) is 4.79 Å². The minimum Gasteiger partial charge on any atom is -0.382 e. The highest BCUT2D eigenvalue weighted by molar-refractivity contribution is 9.10. The number of halogens is 1. The van der Waals surface area contributed by atoms with Gasteiger partial charge in [-0.2, -0.15) is 0 Å². The second-order valence-corrected chi connectivity index (χ2v) is 4.78. The van der Waals surface area contributed by atoms with Gasteiger partial charge >= 0.3 is 0 Å².